The van der Waals surface area contributed by atoms with Crippen molar-refractivity contribution < 1.29 is 0 Å². The second-order valence-electron chi connectivity index (χ2n) is 5.11. The zero-order valence-corrected chi connectivity index (χ0v) is 11.8. The first-order valence-corrected chi connectivity index (χ1v) is 6.60. The average molecular weight is 289 g/mol. The molecule has 0 radical (unpaired) electrons. The number of halogens is 2. The van der Waals surface area contributed by atoms with Crippen LogP contribution in [0, 0.1) is 5.41 Å². The van der Waals surface area contributed by atoms with Crippen molar-refractivity contribution in [1.82, 2.24) is 15.3 Å². The van der Waals surface area contributed by atoms with Crippen molar-refractivity contribution in [2.45, 2.75) is 19.3 Å². The van der Waals surface area contributed by atoms with E-state index >= 15 is 0 Å². The first-order valence-electron chi connectivity index (χ1n) is 6.22. The molecule has 100 valence electrons. The van der Waals surface area contributed by atoms with Crippen molar-refractivity contribution in [3.63, 3.8) is 0 Å². The highest BCUT2D eigenvalue weighted by Crippen LogP contribution is 2.39. The lowest BCUT2D eigenvalue weighted by Crippen LogP contribution is -2.38. The Balaban J connectivity index is 0.00000120. The molecule has 3 heterocycles. The molecule has 1 aromatic rings. The monoisotopic (exact) mass is 288 g/mol. The molecular weight excluding hydrogens is 271 g/mol. The summed E-state index contributed by atoms with van der Waals surface area (Å²) in [6.07, 6.45) is 5.57. The zero-order valence-electron chi connectivity index (χ0n) is 10.2. The van der Waals surface area contributed by atoms with Gasteiger partial charge in [-0.3, -0.25) is 0 Å². The number of anilines is 1. The number of hydrogen-bond acceptors (Lipinski definition) is 4. The first kappa shape index (κ1) is 13.8. The van der Waals surface area contributed by atoms with Gasteiger partial charge in [0.1, 0.15) is 5.82 Å². The molecule has 2 aliphatic heterocycles. The van der Waals surface area contributed by atoms with E-state index in [1.54, 1.807) is 6.20 Å². The topological polar surface area (TPSA) is 41.1 Å². The maximum Gasteiger partial charge on any atom is 0.224 e. The standard InChI is InChI=1S/C12H17ClN4.ClH/c13-11-15-5-1-10(16-11)17-8-4-12(9-17)2-6-14-7-3-12;/h1,5,14H,2-4,6-9H2;1H. The van der Waals surface area contributed by atoms with Crippen molar-refractivity contribution in [3.05, 3.63) is 17.5 Å². The number of nitrogens with zero attached hydrogens (tertiary/aromatic N) is 3. The number of piperidine rings is 1. The molecule has 18 heavy (non-hydrogen) atoms. The largest absolute Gasteiger partial charge is 0.356 e. The number of rotatable bonds is 1. The van der Waals surface area contributed by atoms with E-state index in [9.17, 15) is 0 Å². The summed E-state index contributed by atoms with van der Waals surface area (Å²) in [6, 6.07) is 1.95. The summed E-state index contributed by atoms with van der Waals surface area (Å²) in [5.74, 6) is 0.973. The van der Waals surface area contributed by atoms with Crippen LogP contribution in [0.2, 0.25) is 5.28 Å². The SMILES string of the molecule is Cl.Clc1nccc(N2CCC3(CCNCC3)C2)n1. The molecular formula is C12H18Cl2N4. The molecule has 0 aliphatic carbocycles. The summed E-state index contributed by atoms with van der Waals surface area (Å²) >= 11 is 5.84. The van der Waals surface area contributed by atoms with Gasteiger partial charge in [-0.2, -0.15) is 0 Å². The number of aromatic nitrogens is 2. The fraction of sp³-hybridized carbons (Fsp3) is 0.667. The smallest absolute Gasteiger partial charge is 0.224 e. The minimum absolute atomic E-state index is 0. The molecule has 4 nitrogen and oxygen atoms in total. The predicted octanol–water partition coefficient (Wildman–Crippen LogP) is 2.13. The van der Waals surface area contributed by atoms with Gasteiger partial charge in [0.05, 0.1) is 0 Å². The second kappa shape index (κ2) is 5.59. The fourth-order valence-corrected chi connectivity index (χ4v) is 3.14. The van der Waals surface area contributed by atoms with Gasteiger partial charge < -0.3 is 10.2 Å². The molecule has 0 unspecified atom stereocenters. The maximum absolute atomic E-state index is 5.84. The molecule has 0 atom stereocenters. The van der Waals surface area contributed by atoms with Gasteiger partial charge in [0.15, 0.2) is 0 Å². The summed E-state index contributed by atoms with van der Waals surface area (Å²) in [5.41, 5.74) is 0.503. The molecule has 0 saturated carbocycles. The van der Waals surface area contributed by atoms with E-state index in [-0.39, 0.29) is 12.4 Å². The van der Waals surface area contributed by atoms with Gasteiger partial charge >= 0.3 is 0 Å². The lowest BCUT2D eigenvalue weighted by molar-refractivity contribution is 0.232. The van der Waals surface area contributed by atoms with Crippen LogP contribution in [0.15, 0.2) is 12.3 Å². The van der Waals surface area contributed by atoms with E-state index in [4.69, 9.17) is 11.6 Å². The van der Waals surface area contributed by atoms with Crippen LogP contribution in [0.3, 0.4) is 0 Å². The van der Waals surface area contributed by atoms with Crippen LogP contribution in [-0.2, 0) is 0 Å². The Bertz CT molecular complexity index is 407. The number of nitrogens with one attached hydrogen (secondary N) is 1. The Morgan fingerprint density at radius 2 is 2.06 bits per heavy atom. The highest BCUT2D eigenvalue weighted by molar-refractivity contribution is 6.28. The molecule has 2 aliphatic rings. The Morgan fingerprint density at radius 1 is 1.28 bits per heavy atom. The Hall–Kier alpha value is -0.580. The molecule has 2 saturated heterocycles. The summed E-state index contributed by atoms with van der Waals surface area (Å²) in [5, 5.41) is 3.78. The molecule has 1 spiro atoms. The van der Waals surface area contributed by atoms with Crippen LogP contribution in [0.1, 0.15) is 19.3 Å². The summed E-state index contributed by atoms with van der Waals surface area (Å²) in [4.78, 5) is 10.6. The minimum atomic E-state index is 0. The lowest BCUT2D eigenvalue weighted by Gasteiger charge is -2.33. The Morgan fingerprint density at radius 3 is 2.78 bits per heavy atom. The van der Waals surface area contributed by atoms with Gasteiger partial charge in [-0.05, 0) is 55.4 Å². The minimum Gasteiger partial charge on any atom is -0.356 e. The van der Waals surface area contributed by atoms with E-state index in [1.165, 1.54) is 19.3 Å². The summed E-state index contributed by atoms with van der Waals surface area (Å²) < 4.78 is 0. The zero-order chi connectivity index (χ0) is 11.7. The Kier molecular flexibility index (Phi) is 4.30. The maximum atomic E-state index is 5.84. The van der Waals surface area contributed by atoms with E-state index in [2.05, 4.69) is 20.2 Å². The average Bonchev–Trinajstić information content (AvgIpc) is 2.74. The van der Waals surface area contributed by atoms with Crippen molar-refractivity contribution in [1.29, 1.82) is 0 Å². The molecule has 1 N–H and O–H groups in total. The van der Waals surface area contributed by atoms with E-state index in [0.717, 1.165) is 32.0 Å². The quantitative estimate of drug-likeness (QED) is 0.804. The van der Waals surface area contributed by atoms with Gasteiger partial charge in [-0.1, -0.05) is 0 Å². The summed E-state index contributed by atoms with van der Waals surface area (Å²) in [6.45, 7) is 4.51. The van der Waals surface area contributed by atoms with Crippen molar-refractivity contribution >= 4 is 29.8 Å². The molecule has 6 heteroatoms. The summed E-state index contributed by atoms with van der Waals surface area (Å²) in [7, 11) is 0. The molecule has 2 fully saturated rings. The van der Waals surface area contributed by atoms with Crippen LogP contribution in [0.25, 0.3) is 0 Å². The highest BCUT2D eigenvalue weighted by Gasteiger charge is 2.39. The van der Waals surface area contributed by atoms with Crippen LogP contribution in [-0.4, -0.2) is 36.1 Å². The van der Waals surface area contributed by atoms with Gasteiger partial charge in [-0.15, -0.1) is 12.4 Å². The van der Waals surface area contributed by atoms with Crippen molar-refractivity contribution in [2.75, 3.05) is 31.1 Å². The van der Waals surface area contributed by atoms with E-state index in [1.807, 2.05) is 6.07 Å². The van der Waals surface area contributed by atoms with Gasteiger partial charge in [0, 0.05) is 19.3 Å². The third-order valence-corrected chi connectivity index (χ3v) is 4.22. The molecule has 0 amide bonds. The van der Waals surface area contributed by atoms with Crippen molar-refractivity contribution in [3.8, 4) is 0 Å². The fourth-order valence-electron chi connectivity index (χ4n) is 3.00. The van der Waals surface area contributed by atoms with Crippen LogP contribution in [0.5, 0.6) is 0 Å². The second-order valence-corrected chi connectivity index (χ2v) is 5.44. The Labute approximate surface area is 119 Å². The third kappa shape index (κ3) is 2.71. The van der Waals surface area contributed by atoms with Gasteiger partial charge in [-0.25, -0.2) is 9.97 Å². The lowest BCUT2D eigenvalue weighted by atomic mass is 9.78. The molecule has 3 rings (SSSR count). The first-order chi connectivity index (χ1) is 8.27. The highest BCUT2D eigenvalue weighted by atomic mass is 35.5. The molecule has 0 aromatic carbocycles. The normalized spacial score (nSPS) is 21.9. The van der Waals surface area contributed by atoms with E-state index < -0.39 is 0 Å². The third-order valence-electron chi connectivity index (χ3n) is 4.04. The van der Waals surface area contributed by atoms with E-state index in [0.29, 0.717) is 10.7 Å². The van der Waals surface area contributed by atoms with Gasteiger partial charge in [0.25, 0.3) is 0 Å². The van der Waals surface area contributed by atoms with Crippen LogP contribution >= 0.6 is 24.0 Å². The number of hydrogen-bond donors (Lipinski definition) is 1. The molecule has 1 aromatic heterocycles. The molecule has 0 bridgehead atoms. The van der Waals surface area contributed by atoms with Crippen LogP contribution < -0.4 is 10.2 Å². The van der Waals surface area contributed by atoms with Gasteiger partial charge in [0.2, 0.25) is 5.28 Å². The predicted molar refractivity (Wildman–Crippen MR) is 75.7 cm³/mol. The van der Waals surface area contributed by atoms with Crippen LogP contribution in [0.4, 0.5) is 5.82 Å². The van der Waals surface area contributed by atoms with Crippen molar-refractivity contribution in [2.24, 2.45) is 5.41 Å².